The quantitative estimate of drug-likeness (QED) is 0.735. The molecular weight excluding hydrogens is 330 g/mol. The van der Waals surface area contributed by atoms with Crippen LogP contribution in [0, 0.1) is 0 Å². The first-order valence-electron chi connectivity index (χ1n) is 7.65. The first-order chi connectivity index (χ1) is 10.2. The van der Waals surface area contributed by atoms with Crippen LogP contribution in [0.1, 0.15) is 25.1 Å². The SMILES string of the molecule is O=c1c2ccc(Br)cc2nc2n1CC1CCCCN1CC2. The molecule has 21 heavy (non-hydrogen) atoms. The molecular formula is C16H18BrN3O. The van der Waals surface area contributed by atoms with Gasteiger partial charge in [0, 0.05) is 30.0 Å². The van der Waals surface area contributed by atoms with E-state index in [0.29, 0.717) is 6.04 Å². The molecule has 1 aromatic carbocycles. The predicted octanol–water partition coefficient (Wildman–Crippen LogP) is 2.57. The third-order valence-electron chi connectivity index (χ3n) is 4.76. The summed E-state index contributed by atoms with van der Waals surface area (Å²) in [6.07, 6.45) is 4.63. The summed E-state index contributed by atoms with van der Waals surface area (Å²) in [6.45, 7) is 2.99. The highest BCUT2D eigenvalue weighted by atomic mass is 79.9. The molecule has 2 aliphatic heterocycles. The molecule has 110 valence electrons. The van der Waals surface area contributed by atoms with Gasteiger partial charge >= 0.3 is 0 Å². The molecule has 1 aromatic heterocycles. The maximum Gasteiger partial charge on any atom is 0.261 e. The highest BCUT2D eigenvalue weighted by molar-refractivity contribution is 9.10. The lowest BCUT2D eigenvalue weighted by atomic mass is 10.0. The predicted molar refractivity (Wildman–Crippen MR) is 86.6 cm³/mol. The van der Waals surface area contributed by atoms with Crippen molar-refractivity contribution in [2.75, 3.05) is 13.1 Å². The van der Waals surface area contributed by atoms with E-state index >= 15 is 0 Å². The minimum atomic E-state index is 0.120. The third kappa shape index (κ3) is 2.32. The lowest BCUT2D eigenvalue weighted by Crippen LogP contribution is -2.42. The fraction of sp³-hybridized carbons (Fsp3) is 0.500. The molecule has 4 nitrogen and oxygen atoms in total. The number of piperidine rings is 1. The third-order valence-corrected chi connectivity index (χ3v) is 5.25. The summed E-state index contributed by atoms with van der Waals surface area (Å²) in [6, 6.07) is 6.25. The highest BCUT2D eigenvalue weighted by Crippen LogP contribution is 2.23. The first-order valence-corrected chi connectivity index (χ1v) is 8.45. The van der Waals surface area contributed by atoms with Gasteiger partial charge in [0.2, 0.25) is 0 Å². The Kier molecular flexibility index (Phi) is 3.34. The van der Waals surface area contributed by atoms with E-state index in [4.69, 9.17) is 4.98 Å². The minimum Gasteiger partial charge on any atom is -0.298 e. The fourth-order valence-electron chi connectivity index (χ4n) is 3.63. The summed E-state index contributed by atoms with van der Waals surface area (Å²) >= 11 is 3.46. The van der Waals surface area contributed by atoms with Crippen LogP contribution >= 0.6 is 15.9 Å². The second-order valence-corrected chi connectivity index (χ2v) is 6.96. The smallest absolute Gasteiger partial charge is 0.261 e. The molecule has 1 fully saturated rings. The van der Waals surface area contributed by atoms with Crippen molar-refractivity contribution in [3.63, 3.8) is 0 Å². The van der Waals surface area contributed by atoms with Gasteiger partial charge in [-0.15, -0.1) is 0 Å². The van der Waals surface area contributed by atoms with Gasteiger partial charge in [0.05, 0.1) is 10.9 Å². The van der Waals surface area contributed by atoms with Crippen LogP contribution < -0.4 is 5.56 Å². The topological polar surface area (TPSA) is 38.1 Å². The number of hydrogen-bond donors (Lipinski definition) is 0. The molecule has 1 unspecified atom stereocenters. The molecule has 0 aliphatic carbocycles. The van der Waals surface area contributed by atoms with Crippen LogP contribution in [0.4, 0.5) is 0 Å². The van der Waals surface area contributed by atoms with Crippen molar-refractivity contribution in [1.29, 1.82) is 0 Å². The average Bonchev–Trinajstić information content (AvgIpc) is 2.67. The van der Waals surface area contributed by atoms with Crippen molar-refractivity contribution in [2.24, 2.45) is 0 Å². The van der Waals surface area contributed by atoms with E-state index in [1.165, 1.54) is 25.8 Å². The van der Waals surface area contributed by atoms with Gasteiger partial charge in [-0.3, -0.25) is 14.3 Å². The first kappa shape index (κ1) is 13.5. The zero-order valence-corrected chi connectivity index (χ0v) is 13.5. The lowest BCUT2D eigenvalue weighted by molar-refractivity contribution is 0.144. The summed E-state index contributed by atoms with van der Waals surface area (Å²) in [7, 11) is 0. The van der Waals surface area contributed by atoms with Gasteiger partial charge in [-0.1, -0.05) is 22.4 Å². The fourth-order valence-corrected chi connectivity index (χ4v) is 3.98. The molecule has 0 saturated carbocycles. The Hall–Kier alpha value is -1.20. The molecule has 0 N–H and O–H groups in total. The van der Waals surface area contributed by atoms with E-state index in [2.05, 4.69) is 20.8 Å². The molecule has 0 spiro atoms. The molecule has 0 amide bonds. The molecule has 0 radical (unpaired) electrons. The Morgan fingerprint density at radius 2 is 2.14 bits per heavy atom. The minimum absolute atomic E-state index is 0.120. The molecule has 0 bridgehead atoms. The van der Waals surface area contributed by atoms with Crippen molar-refractivity contribution >= 4 is 26.8 Å². The summed E-state index contributed by atoms with van der Waals surface area (Å²) in [5.74, 6) is 0.944. The Morgan fingerprint density at radius 3 is 3.05 bits per heavy atom. The molecule has 1 atom stereocenters. The molecule has 2 aliphatic rings. The van der Waals surface area contributed by atoms with Gasteiger partial charge < -0.3 is 0 Å². The largest absolute Gasteiger partial charge is 0.298 e. The zero-order valence-electron chi connectivity index (χ0n) is 11.9. The molecule has 4 rings (SSSR count). The van der Waals surface area contributed by atoms with E-state index < -0.39 is 0 Å². The maximum absolute atomic E-state index is 12.8. The lowest BCUT2D eigenvalue weighted by Gasteiger charge is -2.33. The normalized spacial score (nSPS) is 22.6. The van der Waals surface area contributed by atoms with E-state index in [1.54, 1.807) is 0 Å². The van der Waals surface area contributed by atoms with Crippen molar-refractivity contribution in [3.05, 3.63) is 38.9 Å². The Morgan fingerprint density at radius 1 is 1.24 bits per heavy atom. The standard InChI is InChI=1S/C16H18BrN3O/c17-11-4-5-13-14(9-11)18-15-6-8-19-7-2-1-3-12(19)10-20(15)16(13)21/h4-5,9,12H,1-3,6-8,10H2. The summed E-state index contributed by atoms with van der Waals surface area (Å²) < 4.78 is 2.89. The van der Waals surface area contributed by atoms with Crippen molar-refractivity contribution in [2.45, 2.75) is 38.3 Å². The van der Waals surface area contributed by atoms with Gasteiger partial charge in [-0.05, 0) is 37.6 Å². The van der Waals surface area contributed by atoms with E-state index in [0.717, 1.165) is 40.7 Å². The number of hydrogen-bond acceptors (Lipinski definition) is 3. The average molecular weight is 348 g/mol. The Labute approximate surface area is 131 Å². The number of halogens is 1. The molecule has 5 heteroatoms. The van der Waals surface area contributed by atoms with E-state index in [-0.39, 0.29) is 5.56 Å². The summed E-state index contributed by atoms with van der Waals surface area (Å²) in [4.78, 5) is 20.1. The maximum atomic E-state index is 12.8. The van der Waals surface area contributed by atoms with Gasteiger partial charge in [0.15, 0.2) is 0 Å². The second-order valence-electron chi connectivity index (χ2n) is 6.04. The van der Waals surface area contributed by atoms with Crippen LogP contribution in [0.15, 0.2) is 27.5 Å². The van der Waals surface area contributed by atoms with Crippen LogP contribution in [0.3, 0.4) is 0 Å². The highest BCUT2D eigenvalue weighted by Gasteiger charge is 2.27. The van der Waals surface area contributed by atoms with E-state index in [1.807, 2.05) is 22.8 Å². The van der Waals surface area contributed by atoms with Crippen LogP contribution in [-0.4, -0.2) is 33.6 Å². The van der Waals surface area contributed by atoms with E-state index in [9.17, 15) is 4.79 Å². The van der Waals surface area contributed by atoms with Gasteiger partial charge in [0.1, 0.15) is 5.82 Å². The van der Waals surface area contributed by atoms with Crippen LogP contribution in [0.25, 0.3) is 10.9 Å². The van der Waals surface area contributed by atoms with Gasteiger partial charge in [0.25, 0.3) is 5.56 Å². The number of benzene rings is 1. The molecule has 3 heterocycles. The van der Waals surface area contributed by atoms with Crippen LogP contribution in [0.2, 0.25) is 0 Å². The van der Waals surface area contributed by atoms with Crippen molar-refractivity contribution < 1.29 is 0 Å². The number of nitrogens with zero attached hydrogens (tertiary/aromatic N) is 3. The molecule has 2 aromatic rings. The summed E-state index contributed by atoms with van der Waals surface area (Å²) in [5, 5.41) is 0.728. The number of fused-ring (bicyclic) bond motifs is 3. The van der Waals surface area contributed by atoms with Crippen molar-refractivity contribution in [1.82, 2.24) is 14.5 Å². The Balaban J connectivity index is 1.86. The Bertz CT molecular complexity index is 755. The number of aromatic nitrogens is 2. The number of rotatable bonds is 0. The molecule has 1 saturated heterocycles. The monoisotopic (exact) mass is 347 g/mol. The zero-order chi connectivity index (χ0) is 14.4. The van der Waals surface area contributed by atoms with Crippen molar-refractivity contribution in [3.8, 4) is 0 Å². The second kappa shape index (κ2) is 5.21. The van der Waals surface area contributed by atoms with Crippen LogP contribution in [0.5, 0.6) is 0 Å². The van der Waals surface area contributed by atoms with Crippen LogP contribution in [-0.2, 0) is 13.0 Å². The van der Waals surface area contributed by atoms with Gasteiger partial charge in [-0.25, -0.2) is 4.98 Å². The summed E-state index contributed by atoms with van der Waals surface area (Å²) in [5.41, 5.74) is 0.926. The van der Waals surface area contributed by atoms with Gasteiger partial charge in [-0.2, -0.15) is 0 Å².